The summed E-state index contributed by atoms with van der Waals surface area (Å²) in [6.07, 6.45) is 4.72. The summed E-state index contributed by atoms with van der Waals surface area (Å²) < 4.78 is 10.3. The minimum atomic E-state index is -0.720. The SMILES string of the molecule is CCOC(=O)[C@@H](Nc1ccc(OC)cc1)[C@H](C=O)[C@@H](C)CCC=C(C)C. The van der Waals surface area contributed by atoms with Gasteiger partial charge in [0, 0.05) is 11.6 Å². The highest BCUT2D eigenvalue weighted by molar-refractivity contribution is 5.83. The van der Waals surface area contributed by atoms with Gasteiger partial charge in [0.1, 0.15) is 18.1 Å². The minimum Gasteiger partial charge on any atom is -0.497 e. The predicted octanol–water partition coefficient (Wildman–Crippen LogP) is 4.24. The van der Waals surface area contributed by atoms with Crippen molar-refractivity contribution < 1.29 is 19.1 Å². The van der Waals surface area contributed by atoms with Gasteiger partial charge < -0.3 is 19.6 Å². The molecule has 0 aliphatic heterocycles. The number of esters is 1. The highest BCUT2D eigenvalue weighted by Crippen LogP contribution is 2.24. The number of carbonyl (C=O) groups excluding carboxylic acids is 2. The third-order valence-electron chi connectivity index (χ3n) is 4.33. The average molecular weight is 361 g/mol. The van der Waals surface area contributed by atoms with Gasteiger partial charge >= 0.3 is 5.97 Å². The van der Waals surface area contributed by atoms with Crippen molar-refractivity contribution in [3.63, 3.8) is 0 Å². The Morgan fingerprint density at radius 1 is 1.23 bits per heavy atom. The molecule has 1 aromatic rings. The fourth-order valence-corrected chi connectivity index (χ4v) is 2.78. The maximum atomic E-state index is 12.5. The quantitative estimate of drug-likeness (QED) is 0.363. The zero-order valence-electron chi connectivity index (χ0n) is 16.5. The van der Waals surface area contributed by atoms with E-state index in [1.807, 2.05) is 19.1 Å². The van der Waals surface area contributed by atoms with E-state index in [2.05, 4.69) is 25.2 Å². The van der Waals surface area contributed by atoms with Crippen LogP contribution in [0.4, 0.5) is 5.69 Å². The van der Waals surface area contributed by atoms with Crippen molar-refractivity contribution in [2.45, 2.75) is 46.6 Å². The number of carbonyl (C=O) groups is 2. The Bertz CT molecular complexity index is 591. The molecule has 0 aliphatic rings. The number of allylic oxidation sites excluding steroid dienone is 2. The molecule has 0 aliphatic carbocycles. The van der Waals surface area contributed by atoms with Crippen molar-refractivity contribution in [3.05, 3.63) is 35.9 Å². The largest absolute Gasteiger partial charge is 0.497 e. The van der Waals surface area contributed by atoms with E-state index in [1.54, 1.807) is 26.2 Å². The summed E-state index contributed by atoms with van der Waals surface area (Å²) in [5.41, 5.74) is 1.99. The van der Waals surface area contributed by atoms with Gasteiger partial charge in [-0.05, 0) is 63.8 Å². The van der Waals surface area contributed by atoms with Gasteiger partial charge in [-0.15, -0.1) is 0 Å². The normalized spacial score (nSPS) is 13.9. The first-order chi connectivity index (χ1) is 12.4. The lowest BCUT2D eigenvalue weighted by Gasteiger charge is -2.27. The standard InChI is InChI=1S/C21H31NO4/c1-6-26-21(24)20(22-17-10-12-18(25-5)13-11-17)19(14-23)16(4)9-7-8-15(2)3/h8,10-14,16,19-20,22H,6-7,9H2,1-5H3/t16-,19+,20-/m0/s1. The Morgan fingerprint density at radius 2 is 1.88 bits per heavy atom. The van der Waals surface area contributed by atoms with Gasteiger partial charge in [-0.3, -0.25) is 0 Å². The number of benzene rings is 1. The number of rotatable bonds is 11. The number of hydrogen-bond acceptors (Lipinski definition) is 5. The molecule has 0 fully saturated rings. The fraction of sp³-hybridized carbons (Fsp3) is 0.524. The van der Waals surface area contributed by atoms with Crippen LogP contribution in [0.1, 0.15) is 40.5 Å². The summed E-state index contributed by atoms with van der Waals surface area (Å²) in [7, 11) is 1.60. The number of hydrogen-bond donors (Lipinski definition) is 1. The van der Waals surface area contributed by atoms with E-state index in [0.29, 0.717) is 0 Å². The molecule has 144 valence electrons. The van der Waals surface area contributed by atoms with Crippen LogP contribution in [0.5, 0.6) is 5.75 Å². The van der Waals surface area contributed by atoms with Gasteiger partial charge in [0.15, 0.2) is 0 Å². The van der Waals surface area contributed by atoms with Gasteiger partial charge in [-0.25, -0.2) is 4.79 Å². The van der Waals surface area contributed by atoms with Crippen LogP contribution in [0.3, 0.4) is 0 Å². The minimum absolute atomic E-state index is 0.0447. The smallest absolute Gasteiger partial charge is 0.329 e. The molecule has 0 unspecified atom stereocenters. The number of ether oxygens (including phenoxy) is 2. The second-order valence-corrected chi connectivity index (χ2v) is 6.65. The maximum absolute atomic E-state index is 12.5. The van der Waals surface area contributed by atoms with Crippen molar-refractivity contribution in [2.75, 3.05) is 19.0 Å². The summed E-state index contributed by atoms with van der Waals surface area (Å²) in [6, 6.07) is 6.53. The van der Waals surface area contributed by atoms with Crippen molar-refractivity contribution in [1.29, 1.82) is 0 Å². The van der Waals surface area contributed by atoms with Gasteiger partial charge in [0.2, 0.25) is 0 Å². The molecule has 5 nitrogen and oxygen atoms in total. The third-order valence-corrected chi connectivity index (χ3v) is 4.33. The molecule has 0 amide bonds. The lowest BCUT2D eigenvalue weighted by Crippen LogP contribution is -2.42. The molecule has 0 saturated heterocycles. The Morgan fingerprint density at radius 3 is 2.38 bits per heavy atom. The highest BCUT2D eigenvalue weighted by Gasteiger charge is 2.33. The molecule has 0 aromatic heterocycles. The molecule has 26 heavy (non-hydrogen) atoms. The lowest BCUT2D eigenvalue weighted by molar-refractivity contribution is -0.146. The number of aldehydes is 1. The molecule has 0 radical (unpaired) electrons. The van der Waals surface area contributed by atoms with E-state index in [4.69, 9.17) is 9.47 Å². The molecule has 0 saturated carbocycles. The van der Waals surface area contributed by atoms with Crippen LogP contribution < -0.4 is 10.1 Å². The Kier molecular flexibility index (Phi) is 9.48. The second-order valence-electron chi connectivity index (χ2n) is 6.65. The lowest BCUT2D eigenvalue weighted by atomic mass is 9.85. The molecule has 0 bridgehead atoms. The average Bonchev–Trinajstić information content (AvgIpc) is 2.62. The number of anilines is 1. The second kappa shape index (κ2) is 11.3. The summed E-state index contributed by atoms with van der Waals surface area (Å²) >= 11 is 0. The molecule has 1 rings (SSSR count). The van der Waals surface area contributed by atoms with Crippen molar-refractivity contribution >= 4 is 17.9 Å². The van der Waals surface area contributed by atoms with Crippen LogP contribution >= 0.6 is 0 Å². The summed E-state index contributed by atoms with van der Waals surface area (Å²) in [4.78, 5) is 24.3. The van der Waals surface area contributed by atoms with Crippen LogP contribution in [0.25, 0.3) is 0 Å². The fourth-order valence-electron chi connectivity index (χ4n) is 2.78. The zero-order chi connectivity index (χ0) is 19.5. The molecule has 1 N–H and O–H groups in total. The van der Waals surface area contributed by atoms with Crippen molar-refractivity contribution in [1.82, 2.24) is 0 Å². The summed E-state index contributed by atoms with van der Waals surface area (Å²) in [6.45, 7) is 8.14. The molecule has 0 heterocycles. The Labute approximate surface area is 156 Å². The van der Waals surface area contributed by atoms with Crippen LogP contribution in [0.2, 0.25) is 0 Å². The number of methoxy groups -OCH3 is 1. The van der Waals surface area contributed by atoms with E-state index in [0.717, 1.165) is 30.6 Å². The van der Waals surface area contributed by atoms with Gasteiger partial charge in [0.25, 0.3) is 0 Å². The molecule has 1 aromatic carbocycles. The zero-order valence-corrected chi connectivity index (χ0v) is 16.5. The number of nitrogens with one attached hydrogen (secondary N) is 1. The molecular formula is C21H31NO4. The summed E-state index contributed by atoms with van der Waals surface area (Å²) in [5.74, 6) is -0.107. The molecule has 3 atom stereocenters. The van der Waals surface area contributed by atoms with Gasteiger partial charge in [-0.1, -0.05) is 18.6 Å². The Hall–Kier alpha value is -2.30. The van der Waals surface area contributed by atoms with Crippen LogP contribution in [0.15, 0.2) is 35.9 Å². The first-order valence-electron chi connectivity index (χ1n) is 9.08. The van der Waals surface area contributed by atoms with E-state index in [-0.39, 0.29) is 12.5 Å². The molecule has 5 heteroatoms. The van der Waals surface area contributed by atoms with E-state index in [1.165, 1.54) is 5.57 Å². The Balaban J connectivity index is 2.95. The van der Waals surface area contributed by atoms with Gasteiger partial charge in [0.05, 0.1) is 13.7 Å². The maximum Gasteiger partial charge on any atom is 0.329 e. The first-order valence-corrected chi connectivity index (χ1v) is 9.08. The van der Waals surface area contributed by atoms with Gasteiger partial charge in [-0.2, -0.15) is 0 Å². The molecule has 0 spiro atoms. The van der Waals surface area contributed by atoms with Crippen LogP contribution in [-0.4, -0.2) is 32.0 Å². The van der Waals surface area contributed by atoms with Crippen molar-refractivity contribution in [2.24, 2.45) is 11.8 Å². The predicted molar refractivity (Wildman–Crippen MR) is 104 cm³/mol. The van der Waals surface area contributed by atoms with Crippen LogP contribution in [0, 0.1) is 11.8 Å². The monoisotopic (exact) mass is 361 g/mol. The third kappa shape index (κ3) is 6.90. The van der Waals surface area contributed by atoms with E-state index < -0.39 is 17.9 Å². The van der Waals surface area contributed by atoms with Crippen molar-refractivity contribution in [3.8, 4) is 5.75 Å². The molecular weight excluding hydrogens is 330 g/mol. The first kappa shape index (κ1) is 21.7. The topological polar surface area (TPSA) is 64.6 Å². The van der Waals surface area contributed by atoms with E-state index in [9.17, 15) is 9.59 Å². The summed E-state index contributed by atoms with van der Waals surface area (Å²) in [5, 5.41) is 3.17. The van der Waals surface area contributed by atoms with E-state index >= 15 is 0 Å². The highest BCUT2D eigenvalue weighted by atomic mass is 16.5. The van der Waals surface area contributed by atoms with Crippen LogP contribution in [-0.2, 0) is 14.3 Å².